The lowest BCUT2D eigenvalue weighted by molar-refractivity contribution is -0.141. The third-order valence-corrected chi connectivity index (χ3v) is 5.25. The van der Waals surface area contributed by atoms with Crippen LogP contribution < -0.4 is 4.90 Å². The number of benzene rings is 3. The van der Waals surface area contributed by atoms with Crippen LogP contribution in [-0.4, -0.2) is 11.9 Å². The first-order valence-electron chi connectivity index (χ1n) is 11.0. The number of hydrogen-bond acceptors (Lipinski definition) is 5. The molecular weight excluding hydrogens is 426 g/mol. The van der Waals surface area contributed by atoms with Gasteiger partial charge in [-0.05, 0) is 68.3 Å². The van der Waals surface area contributed by atoms with Crippen molar-refractivity contribution in [3.8, 4) is 0 Å². The van der Waals surface area contributed by atoms with Gasteiger partial charge in [0.25, 0.3) is 0 Å². The molecule has 0 spiro atoms. The molecule has 0 fully saturated rings. The van der Waals surface area contributed by atoms with Gasteiger partial charge in [0.05, 0.1) is 0 Å². The van der Waals surface area contributed by atoms with Crippen LogP contribution in [0.15, 0.2) is 103 Å². The minimum atomic E-state index is -0.401. The standard InChI is InChI=1S/C29H29NO4/c1-5-22(4)29(32)34-20-24-13-17-27(18-14-24)30(25-9-7-6-8-10-25)26-15-11-23(12-16-26)19-33-28(31)21(2)3/h5-18H,2,19-20H2,1,3-4H3/b22-5+. The Balaban J connectivity index is 1.80. The van der Waals surface area contributed by atoms with Gasteiger partial charge < -0.3 is 14.4 Å². The molecule has 3 aromatic rings. The summed E-state index contributed by atoms with van der Waals surface area (Å²) >= 11 is 0. The van der Waals surface area contributed by atoms with Crippen molar-refractivity contribution >= 4 is 29.0 Å². The third kappa shape index (κ3) is 6.45. The molecule has 0 radical (unpaired) electrons. The number of nitrogens with zero attached hydrogens (tertiary/aromatic N) is 1. The second-order valence-electron chi connectivity index (χ2n) is 7.91. The fourth-order valence-corrected chi connectivity index (χ4v) is 3.16. The van der Waals surface area contributed by atoms with Crippen LogP contribution in [0.2, 0.25) is 0 Å². The number of anilines is 3. The van der Waals surface area contributed by atoms with Gasteiger partial charge in [0, 0.05) is 28.2 Å². The molecular formula is C29H29NO4. The van der Waals surface area contributed by atoms with Gasteiger partial charge in [-0.1, -0.05) is 55.1 Å². The summed E-state index contributed by atoms with van der Waals surface area (Å²) in [7, 11) is 0. The molecule has 0 unspecified atom stereocenters. The molecule has 5 heteroatoms. The highest BCUT2D eigenvalue weighted by Crippen LogP contribution is 2.34. The van der Waals surface area contributed by atoms with E-state index in [1.54, 1.807) is 19.9 Å². The average molecular weight is 456 g/mol. The molecule has 3 aromatic carbocycles. The molecule has 0 aliphatic heterocycles. The Kier molecular flexibility index (Phi) is 8.41. The molecule has 0 aliphatic rings. The van der Waals surface area contributed by atoms with Crippen molar-refractivity contribution in [3.05, 3.63) is 114 Å². The summed E-state index contributed by atoms with van der Waals surface area (Å²) < 4.78 is 10.6. The molecule has 0 N–H and O–H groups in total. The lowest BCUT2D eigenvalue weighted by atomic mass is 10.1. The number of para-hydroxylation sites is 1. The van der Waals surface area contributed by atoms with E-state index < -0.39 is 5.97 Å². The van der Waals surface area contributed by atoms with Crippen LogP contribution in [-0.2, 0) is 32.3 Å². The number of carbonyl (C=O) groups is 2. The fraction of sp³-hybridized carbons (Fsp3) is 0.172. The predicted octanol–water partition coefficient (Wildman–Crippen LogP) is 6.79. The summed E-state index contributed by atoms with van der Waals surface area (Å²) in [5, 5.41) is 0. The Hall–Kier alpha value is -4.12. The molecule has 174 valence electrons. The first-order valence-corrected chi connectivity index (χ1v) is 11.0. The highest BCUT2D eigenvalue weighted by atomic mass is 16.5. The smallest absolute Gasteiger partial charge is 0.333 e. The van der Waals surface area contributed by atoms with E-state index in [2.05, 4.69) is 11.5 Å². The maximum Gasteiger partial charge on any atom is 0.333 e. The SMILES string of the molecule is C=C(C)C(=O)OCc1ccc(N(c2ccccc2)c2ccc(COC(=O)/C(C)=C/C)cc2)cc1. The topological polar surface area (TPSA) is 55.8 Å². The van der Waals surface area contributed by atoms with Gasteiger partial charge in [0.2, 0.25) is 0 Å². The molecule has 0 heterocycles. The quantitative estimate of drug-likeness (QED) is 0.263. The molecule has 34 heavy (non-hydrogen) atoms. The Morgan fingerprint density at radius 3 is 1.62 bits per heavy atom. The van der Waals surface area contributed by atoms with E-state index in [-0.39, 0.29) is 19.2 Å². The molecule has 0 aliphatic carbocycles. The van der Waals surface area contributed by atoms with Crippen LogP contribution in [0, 0.1) is 0 Å². The summed E-state index contributed by atoms with van der Waals surface area (Å²) in [6.07, 6.45) is 1.74. The van der Waals surface area contributed by atoms with Crippen LogP contribution in [0.5, 0.6) is 0 Å². The highest BCUT2D eigenvalue weighted by Gasteiger charge is 2.13. The summed E-state index contributed by atoms with van der Waals surface area (Å²) in [5.74, 6) is -0.715. The Morgan fingerprint density at radius 2 is 1.18 bits per heavy atom. The van der Waals surface area contributed by atoms with Crippen molar-refractivity contribution in [1.82, 2.24) is 0 Å². The third-order valence-electron chi connectivity index (χ3n) is 5.25. The van der Waals surface area contributed by atoms with E-state index >= 15 is 0 Å². The zero-order valence-corrected chi connectivity index (χ0v) is 19.8. The van der Waals surface area contributed by atoms with Crippen molar-refractivity contribution in [2.24, 2.45) is 0 Å². The summed E-state index contributed by atoms with van der Waals surface area (Å²) in [4.78, 5) is 25.7. The lowest BCUT2D eigenvalue weighted by Crippen LogP contribution is -2.10. The number of rotatable bonds is 9. The minimum Gasteiger partial charge on any atom is -0.457 e. The maximum atomic E-state index is 11.9. The second kappa shape index (κ2) is 11.7. The van der Waals surface area contributed by atoms with Crippen LogP contribution in [0.4, 0.5) is 17.1 Å². The molecule has 5 nitrogen and oxygen atoms in total. The van der Waals surface area contributed by atoms with Crippen molar-refractivity contribution in [2.45, 2.75) is 34.0 Å². The zero-order valence-electron chi connectivity index (χ0n) is 19.8. The average Bonchev–Trinajstić information content (AvgIpc) is 2.87. The Bertz CT molecular complexity index is 1160. The van der Waals surface area contributed by atoms with Gasteiger partial charge >= 0.3 is 11.9 Å². The van der Waals surface area contributed by atoms with E-state index in [0.717, 1.165) is 28.2 Å². The van der Waals surface area contributed by atoms with Gasteiger partial charge in [0.1, 0.15) is 13.2 Å². The van der Waals surface area contributed by atoms with Crippen molar-refractivity contribution in [2.75, 3.05) is 4.90 Å². The van der Waals surface area contributed by atoms with E-state index in [1.807, 2.05) is 85.8 Å². The molecule has 0 atom stereocenters. The predicted molar refractivity (Wildman–Crippen MR) is 135 cm³/mol. The van der Waals surface area contributed by atoms with Gasteiger partial charge in [-0.3, -0.25) is 0 Å². The minimum absolute atomic E-state index is 0.192. The molecule has 0 saturated heterocycles. The zero-order chi connectivity index (χ0) is 24.5. The first-order chi connectivity index (χ1) is 16.4. The second-order valence-corrected chi connectivity index (χ2v) is 7.91. The summed E-state index contributed by atoms with van der Waals surface area (Å²) in [6, 6.07) is 25.8. The molecule has 0 amide bonds. The largest absolute Gasteiger partial charge is 0.457 e. The lowest BCUT2D eigenvalue weighted by Gasteiger charge is -2.25. The molecule has 0 aromatic heterocycles. The monoisotopic (exact) mass is 455 g/mol. The number of ether oxygens (including phenoxy) is 2. The van der Waals surface area contributed by atoms with Crippen molar-refractivity contribution in [1.29, 1.82) is 0 Å². The van der Waals surface area contributed by atoms with Crippen LogP contribution in [0.3, 0.4) is 0 Å². The van der Waals surface area contributed by atoms with Crippen LogP contribution >= 0.6 is 0 Å². The maximum absolute atomic E-state index is 11.9. The van der Waals surface area contributed by atoms with Crippen molar-refractivity contribution < 1.29 is 19.1 Å². The first kappa shape index (κ1) is 24.5. The number of carbonyl (C=O) groups excluding carboxylic acids is 2. The Labute approximate surface area is 200 Å². The van der Waals surface area contributed by atoms with Gasteiger partial charge in [-0.15, -0.1) is 0 Å². The Morgan fingerprint density at radius 1 is 0.735 bits per heavy atom. The summed E-state index contributed by atoms with van der Waals surface area (Å²) in [5.41, 5.74) is 5.69. The molecule has 0 bridgehead atoms. The van der Waals surface area contributed by atoms with Crippen molar-refractivity contribution in [3.63, 3.8) is 0 Å². The number of hydrogen-bond donors (Lipinski definition) is 0. The molecule has 0 saturated carbocycles. The van der Waals surface area contributed by atoms with Gasteiger partial charge in [-0.2, -0.15) is 0 Å². The normalized spacial score (nSPS) is 11.0. The van der Waals surface area contributed by atoms with Gasteiger partial charge in [0.15, 0.2) is 0 Å². The number of esters is 2. The van der Waals surface area contributed by atoms with E-state index in [1.165, 1.54) is 0 Å². The fourth-order valence-electron chi connectivity index (χ4n) is 3.16. The van der Waals surface area contributed by atoms with E-state index in [4.69, 9.17) is 9.47 Å². The van der Waals surface area contributed by atoms with Crippen LogP contribution in [0.1, 0.15) is 31.9 Å². The van der Waals surface area contributed by atoms with E-state index in [9.17, 15) is 9.59 Å². The highest BCUT2D eigenvalue weighted by molar-refractivity contribution is 5.87. The molecule has 3 rings (SSSR count). The number of allylic oxidation sites excluding steroid dienone is 1. The van der Waals surface area contributed by atoms with Gasteiger partial charge in [-0.25, -0.2) is 9.59 Å². The summed E-state index contributed by atoms with van der Waals surface area (Å²) in [6.45, 7) is 9.18. The van der Waals surface area contributed by atoms with Crippen LogP contribution in [0.25, 0.3) is 0 Å². The van der Waals surface area contributed by atoms with E-state index in [0.29, 0.717) is 11.1 Å².